The fourth-order valence-corrected chi connectivity index (χ4v) is 9.61. The van der Waals surface area contributed by atoms with Gasteiger partial charge in [0.2, 0.25) is 5.91 Å². The Morgan fingerprint density at radius 3 is 2.69 bits per heavy atom. The fraction of sp³-hybridized carbons (Fsp3) is 0.548. The van der Waals surface area contributed by atoms with Crippen molar-refractivity contribution in [2.24, 2.45) is 11.8 Å². The lowest BCUT2D eigenvalue weighted by Gasteiger charge is -2.47. The predicted octanol–water partition coefficient (Wildman–Crippen LogP) is 8.21. The van der Waals surface area contributed by atoms with E-state index in [1.54, 1.807) is 31.0 Å². The summed E-state index contributed by atoms with van der Waals surface area (Å²) < 4.78 is 19.5. The van der Waals surface area contributed by atoms with E-state index in [4.69, 9.17) is 25.8 Å². The van der Waals surface area contributed by atoms with Gasteiger partial charge in [-0.3, -0.25) is 9.78 Å². The van der Waals surface area contributed by atoms with Crippen LogP contribution < -0.4 is 19.5 Å². The number of pyridine rings is 1. The molecule has 1 saturated carbocycles. The number of aryl methyl sites for hydroxylation is 1. The normalized spacial score (nSPS) is 26.8. The number of carbonyl (C=O) groups excluding carboxylic acids is 1. The summed E-state index contributed by atoms with van der Waals surface area (Å²) in [5.41, 5.74) is 4.30. The summed E-state index contributed by atoms with van der Waals surface area (Å²) in [5.74, 6) is 2.57. The Morgan fingerprint density at radius 2 is 1.94 bits per heavy atom. The Bertz CT molecular complexity index is 1810. The van der Waals surface area contributed by atoms with Gasteiger partial charge in [0.05, 0.1) is 19.8 Å². The smallest absolute Gasteiger partial charge is 0.329 e. The van der Waals surface area contributed by atoms with Gasteiger partial charge in [0.15, 0.2) is 11.5 Å². The van der Waals surface area contributed by atoms with Gasteiger partial charge in [0.1, 0.15) is 17.4 Å². The van der Waals surface area contributed by atoms with E-state index < -0.39 is 11.5 Å². The van der Waals surface area contributed by atoms with Crippen LogP contribution in [-0.4, -0.2) is 65.3 Å². The number of amides is 1. The first-order valence-electron chi connectivity index (χ1n) is 19.0. The molecule has 10 heteroatoms. The first-order valence-corrected chi connectivity index (χ1v) is 19.4. The Labute approximate surface area is 312 Å². The molecular weight excluding hydrogens is 678 g/mol. The number of halogens is 1. The lowest BCUT2D eigenvalue weighted by molar-refractivity contribution is -0.144. The molecule has 2 aromatic carbocycles. The molecule has 0 saturated heterocycles. The molecule has 1 aliphatic heterocycles. The van der Waals surface area contributed by atoms with E-state index in [1.807, 2.05) is 24.4 Å². The van der Waals surface area contributed by atoms with Crippen molar-refractivity contribution in [2.75, 3.05) is 32.1 Å². The van der Waals surface area contributed by atoms with Crippen molar-refractivity contribution in [3.05, 3.63) is 76.1 Å². The average Bonchev–Trinajstić information content (AvgIpc) is 3.23. The number of carboxylic acid groups (broad SMARTS) is 1. The van der Waals surface area contributed by atoms with Crippen LogP contribution in [0.5, 0.6) is 17.2 Å². The number of carboxylic acids is 1. The molecule has 1 spiro atoms. The molecule has 0 unspecified atom stereocenters. The molecule has 2 heterocycles. The molecule has 3 aliphatic carbocycles. The van der Waals surface area contributed by atoms with E-state index in [9.17, 15) is 14.7 Å². The Kier molecular flexibility index (Phi) is 10.4. The van der Waals surface area contributed by atoms with E-state index in [0.717, 1.165) is 37.2 Å². The van der Waals surface area contributed by atoms with Gasteiger partial charge in [0, 0.05) is 48.6 Å². The van der Waals surface area contributed by atoms with E-state index in [-0.39, 0.29) is 29.3 Å². The minimum Gasteiger partial charge on any atom is -0.493 e. The number of likely N-dealkylation sites (N-methyl/N-ethyl adjacent to an activating group) is 1. The molecule has 3 aromatic rings. The second-order valence-corrected chi connectivity index (χ2v) is 16.4. The molecule has 1 aromatic heterocycles. The van der Waals surface area contributed by atoms with Crippen LogP contribution in [0.25, 0.3) is 0 Å². The summed E-state index contributed by atoms with van der Waals surface area (Å²) in [6.07, 6.45) is 9.89. The number of ether oxygens (including phenoxy) is 3. The van der Waals surface area contributed by atoms with Crippen molar-refractivity contribution in [1.82, 2.24) is 9.88 Å². The van der Waals surface area contributed by atoms with Crippen molar-refractivity contribution in [2.45, 2.75) is 108 Å². The highest BCUT2D eigenvalue weighted by Gasteiger charge is 2.54. The summed E-state index contributed by atoms with van der Waals surface area (Å²) in [4.78, 5) is 31.4. The summed E-state index contributed by atoms with van der Waals surface area (Å²) in [7, 11) is 1.80. The van der Waals surface area contributed by atoms with Crippen molar-refractivity contribution in [3.8, 4) is 17.2 Å². The second kappa shape index (κ2) is 14.8. The van der Waals surface area contributed by atoms with Crippen LogP contribution in [-0.2, 0) is 27.8 Å². The molecule has 7 rings (SSSR count). The largest absolute Gasteiger partial charge is 0.493 e. The van der Waals surface area contributed by atoms with Gasteiger partial charge in [-0.1, -0.05) is 31.5 Å². The second-order valence-electron chi connectivity index (χ2n) is 15.9. The van der Waals surface area contributed by atoms with Gasteiger partial charge < -0.3 is 29.5 Å². The number of fused-ring (bicyclic) bond motifs is 4. The highest BCUT2D eigenvalue weighted by Crippen LogP contribution is 2.58. The average molecular weight is 730 g/mol. The van der Waals surface area contributed by atoms with E-state index in [1.165, 1.54) is 28.8 Å². The molecular formula is C42H52ClN3O6. The van der Waals surface area contributed by atoms with Gasteiger partial charge in [-0.25, -0.2) is 4.79 Å². The molecule has 0 bridgehead atoms. The quantitative estimate of drug-likeness (QED) is 0.215. The van der Waals surface area contributed by atoms with Crippen LogP contribution in [0.4, 0.5) is 5.69 Å². The predicted molar refractivity (Wildman–Crippen MR) is 202 cm³/mol. The van der Waals surface area contributed by atoms with E-state index in [2.05, 4.69) is 36.3 Å². The van der Waals surface area contributed by atoms with Gasteiger partial charge in [-0.05, 0) is 128 Å². The lowest BCUT2D eigenvalue weighted by atomic mass is 9.59. The number of nitrogens with one attached hydrogen (secondary N) is 1. The SMILES string of the molecule is CC(=O)N(C)C[C@@H]1CCOc2cc3c(cc2O1)C1(CCC(Nc2cccc(Cl)c2)(C(=O)O)CC1)[C@@H](C[C@@H](C)COc1ccnc2c1[C@H](C)CCC2)C3. The highest BCUT2D eigenvalue weighted by atomic mass is 35.5. The number of hydrogen-bond acceptors (Lipinski definition) is 7. The zero-order valence-electron chi connectivity index (χ0n) is 30.9. The van der Waals surface area contributed by atoms with Crippen molar-refractivity contribution in [1.29, 1.82) is 0 Å². The Balaban J connectivity index is 1.16. The maximum atomic E-state index is 13.0. The minimum atomic E-state index is -1.11. The lowest BCUT2D eigenvalue weighted by Crippen LogP contribution is -2.53. The minimum absolute atomic E-state index is 0.00309. The van der Waals surface area contributed by atoms with Crippen LogP contribution in [0.15, 0.2) is 48.7 Å². The molecule has 9 nitrogen and oxygen atoms in total. The number of nitrogens with zero attached hydrogens (tertiary/aromatic N) is 2. The first kappa shape index (κ1) is 36.4. The molecule has 4 atom stereocenters. The molecule has 1 amide bonds. The van der Waals surface area contributed by atoms with Crippen LogP contribution in [0, 0.1) is 11.8 Å². The number of carbonyl (C=O) groups is 2. The van der Waals surface area contributed by atoms with Crippen LogP contribution in [0.3, 0.4) is 0 Å². The third-order valence-corrected chi connectivity index (χ3v) is 12.6. The topological polar surface area (TPSA) is 110 Å². The number of aromatic nitrogens is 1. The first-order chi connectivity index (χ1) is 25.0. The van der Waals surface area contributed by atoms with E-state index in [0.29, 0.717) is 74.2 Å². The fourth-order valence-electron chi connectivity index (χ4n) is 9.42. The summed E-state index contributed by atoms with van der Waals surface area (Å²) in [5, 5.41) is 14.6. The zero-order chi connectivity index (χ0) is 36.6. The molecule has 1 fully saturated rings. The number of hydrogen-bond donors (Lipinski definition) is 2. The molecule has 2 N–H and O–H groups in total. The summed E-state index contributed by atoms with van der Waals surface area (Å²) in [6.45, 7) is 7.72. The number of aliphatic carboxylic acids is 1. The van der Waals surface area contributed by atoms with Gasteiger partial charge in [-0.2, -0.15) is 0 Å². The maximum absolute atomic E-state index is 13.0. The molecule has 52 heavy (non-hydrogen) atoms. The number of benzene rings is 2. The standard InChI is InChI=1S/C42H52ClN3O6/c1-26(25-51-36-11-17-44-35-10-5-7-27(2)39(35)36)19-30-20-29-21-37-38(52-33(12-18-50-37)24-46(4)28(3)47)23-34(29)41(30)13-15-42(16-14-41,40(48)49)45-32-9-6-8-31(43)22-32/h6,8-9,11,17,21-23,26-27,30,33,45H,5,7,10,12-16,18-20,24-25H2,1-4H3,(H,48,49)/t26-,27-,30+,33+,41?,42?/m1/s1. The molecule has 4 aliphatic rings. The summed E-state index contributed by atoms with van der Waals surface area (Å²) >= 11 is 6.30. The third-order valence-electron chi connectivity index (χ3n) is 12.4. The van der Waals surface area contributed by atoms with Crippen molar-refractivity contribution >= 4 is 29.2 Å². The van der Waals surface area contributed by atoms with Gasteiger partial charge in [-0.15, -0.1) is 0 Å². The van der Waals surface area contributed by atoms with Crippen LogP contribution in [0.2, 0.25) is 5.02 Å². The molecule has 0 radical (unpaired) electrons. The monoisotopic (exact) mass is 729 g/mol. The zero-order valence-corrected chi connectivity index (χ0v) is 31.6. The highest BCUT2D eigenvalue weighted by molar-refractivity contribution is 6.30. The summed E-state index contributed by atoms with van der Waals surface area (Å²) in [6, 6.07) is 13.7. The number of anilines is 1. The van der Waals surface area contributed by atoms with Crippen molar-refractivity contribution < 1.29 is 28.9 Å². The van der Waals surface area contributed by atoms with Crippen LogP contribution in [0.1, 0.15) is 100 Å². The van der Waals surface area contributed by atoms with Gasteiger partial charge >= 0.3 is 5.97 Å². The van der Waals surface area contributed by atoms with Gasteiger partial charge in [0.25, 0.3) is 0 Å². The third kappa shape index (κ3) is 7.17. The van der Waals surface area contributed by atoms with E-state index >= 15 is 0 Å². The van der Waals surface area contributed by atoms with Crippen molar-refractivity contribution in [3.63, 3.8) is 0 Å². The molecule has 278 valence electrons. The Hall–Kier alpha value is -3.98. The van der Waals surface area contributed by atoms with Crippen LogP contribution >= 0.6 is 11.6 Å². The Morgan fingerprint density at radius 1 is 1.13 bits per heavy atom. The number of rotatable bonds is 10. The maximum Gasteiger partial charge on any atom is 0.329 e.